The van der Waals surface area contributed by atoms with Crippen molar-refractivity contribution in [3.63, 3.8) is 0 Å². The Balaban J connectivity index is 1.90. The lowest BCUT2D eigenvalue weighted by atomic mass is 10.00. The molecule has 0 aromatic carbocycles. The summed E-state index contributed by atoms with van der Waals surface area (Å²) in [6.45, 7) is -0.796. The van der Waals surface area contributed by atoms with Gasteiger partial charge >= 0.3 is 7.82 Å². The van der Waals surface area contributed by atoms with E-state index in [1.807, 2.05) is 0 Å². The molecule has 0 amide bonds. The van der Waals surface area contributed by atoms with E-state index < -0.39 is 32.4 Å². The SMILES string of the molecule is N#C[C@]1(COP(=O)(O)O)O[C@@H](n2cnc3c(N)ncnc32)C[C@@H]1O. The number of nitrogens with zero attached hydrogens (tertiary/aromatic N) is 5. The maximum absolute atomic E-state index is 10.9. The molecule has 0 radical (unpaired) electrons. The predicted octanol–water partition coefficient (Wildman–Crippen LogP) is -0.940. The summed E-state index contributed by atoms with van der Waals surface area (Å²) in [7, 11) is -4.82. The number of hydrogen-bond acceptors (Lipinski definition) is 9. The zero-order valence-electron chi connectivity index (χ0n) is 12.1. The molecule has 1 saturated heterocycles. The molecule has 5 N–H and O–H groups in total. The van der Waals surface area contributed by atoms with Crippen molar-refractivity contribution in [3.8, 4) is 6.07 Å². The summed E-state index contributed by atoms with van der Waals surface area (Å²) in [5.74, 6) is 0.161. The van der Waals surface area contributed by atoms with Gasteiger partial charge in [0.15, 0.2) is 11.5 Å². The highest BCUT2D eigenvalue weighted by Crippen LogP contribution is 2.43. The van der Waals surface area contributed by atoms with Gasteiger partial charge in [-0.2, -0.15) is 5.26 Å². The lowest BCUT2D eigenvalue weighted by molar-refractivity contribution is -0.0888. The summed E-state index contributed by atoms with van der Waals surface area (Å²) in [4.78, 5) is 29.5. The number of aliphatic hydroxyl groups is 1. The van der Waals surface area contributed by atoms with E-state index in [2.05, 4.69) is 19.5 Å². The van der Waals surface area contributed by atoms with E-state index in [1.165, 1.54) is 17.2 Å². The van der Waals surface area contributed by atoms with E-state index >= 15 is 0 Å². The van der Waals surface area contributed by atoms with Crippen LogP contribution in [0.15, 0.2) is 12.7 Å². The molecule has 1 aliphatic rings. The second-order valence-corrected chi connectivity index (χ2v) is 6.41. The van der Waals surface area contributed by atoms with E-state index in [-0.39, 0.29) is 12.2 Å². The number of nitrogens with two attached hydrogens (primary N) is 1. The molecule has 0 bridgehead atoms. The van der Waals surface area contributed by atoms with E-state index in [0.29, 0.717) is 11.2 Å². The number of phosphoric ester groups is 1. The number of imidazole rings is 1. The summed E-state index contributed by atoms with van der Waals surface area (Å²) in [6.07, 6.45) is 0.378. The van der Waals surface area contributed by atoms with Crippen LogP contribution in [0.25, 0.3) is 11.2 Å². The van der Waals surface area contributed by atoms with Crippen LogP contribution < -0.4 is 5.73 Å². The Kier molecular flexibility index (Phi) is 4.00. The van der Waals surface area contributed by atoms with Crippen molar-refractivity contribution in [2.45, 2.75) is 24.4 Å². The number of nitriles is 1. The molecule has 128 valence electrons. The predicted molar refractivity (Wildman–Crippen MR) is 76.8 cm³/mol. The van der Waals surface area contributed by atoms with Gasteiger partial charge in [0.1, 0.15) is 36.9 Å². The lowest BCUT2D eigenvalue weighted by Crippen LogP contribution is -2.42. The average molecular weight is 356 g/mol. The van der Waals surface area contributed by atoms with E-state index in [0.717, 1.165) is 0 Å². The molecule has 3 rings (SSSR count). The monoisotopic (exact) mass is 356 g/mol. The topological polar surface area (TPSA) is 190 Å². The van der Waals surface area contributed by atoms with Gasteiger partial charge in [-0.3, -0.25) is 9.09 Å². The maximum Gasteiger partial charge on any atom is 0.469 e. The molecule has 0 saturated carbocycles. The first-order chi connectivity index (χ1) is 11.3. The first kappa shape index (κ1) is 16.7. The fourth-order valence-electron chi connectivity index (χ4n) is 2.45. The Morgan fingerprint density at radius 3 is 2.96 bits per heavy atom. The number of rotatable bonds is 4. The summed E-state index contributed by atoms with van der Waals surface area (Å²) in [5.41, 5.74) is 4.43. The molecule has 12 nitrogen and oxygen atoms in total. The minimum atomic E-state index is -4.82. The highest BCUT2D eigenvalue weighted by Gasteiger charge is 2.51. The van der Waals surface area contributed by atoms with Crippen molar-refractivity contribution in [3.05, 3.63) is 12.7 Å². The van der Waals surface area contributed by atoms with Gasteiger partial charge in [0, 0.05) is 6.42 Å². The molecule has 2 aromatic rings. The molecule has 13 heteroatoms. The number of aliphatic hydroxyl groups excluding tert-OH is 1. The molecular weight excluding hydrogens is 343 g/mol. The number of ether oxygens (including phenoxy) is 1. The molecular formula is C11H13N6O6P. The summed E-state index contributed by atoms with van der Waals surface area (Å²) in [5, 5.41) is 19.5. The van der Waals surface area contributed by atoms with Gasteiger partial charge in [-0.1, -0.05) is 0 Å². The van der Waals surface area contributed by atoms with Gasteiger partial charge in [-0.25, -0.2) is 19.5 Å². The Morgan fingerprint density at radius 2 is 2.29 bits per heavy atom. The molecule has 1 fully saturated rings. The standard InChI is InChI=1S/C11H13N6O6P/c12-2-11(3-22-24(19,20)21)6(18)1-7(23-11)17-5-16-8-9(13)14-4-15-10(8)17/h4-7,18H,1,3H2,(H2,13,14,15)(H2,19,20,21)/t6-,7+,11+/m0/s1. The third kappa shape index (κ3) is 2.84. The van der Waals surface area contributed by atoms with Crippen LogP contribution in [0.1, 0.15) is 12.6 Å². The van der Waals surface area contributed by atoms with Crippen molar-refractivity contribution in [2.24, 2.45) is 0 Å². The number of nitrogen functional groups attached to an aromatic ring is 1. The smallest absolute Gasteiger partial charge is 0.389 e. The zero-order chi connectivity index (χ0) is 17.5. The van der Waals surface area contributed by atoms with E-state index in [1.54, 1.807) is 6.07 Å². The van der Waals surface area contributed by atoms with Crippen molar-refractivity contribution >= 4 is 24.8 Å². The first-order valence-corrected chi connectivity index (χ1v) is 8.19. The lowest BCUT2D eigenvalue weighted by Gasteiger charge is -2.24. The van der Waals surface area contributed by atoms with Crippen LogP contribution in [0.4, 0.5) is 5.82 Å². The molecule has 0 aliphatic carbocycles. The van der Waals surface area contributed by atoms with Crippen LogP contribution in [-0.2, 0) is 13.8 Å². The zero-order valence-corrected chi connectivity index (χ0v) is 12.9. The Hall–Kier alpha value is -2.13. The molecule has 3 atom stereocenters. The van der Waals surface area contributed by atoms with Gasteiger partial charge < -0.3 is 25.4 Å². The Labute approximate surface area is 134 Å². The van der Waals surface area contributed by atoms with Crippen molar-refractivity contribution in [2.75, 3.05) is 12.3 Å². The summed E-state index contributed by atoms with van der Waals surface area (Å²) in [6, 6.07) is 1.72. The number of anilines is 1. The maximum atomic E-state index is 10.9. The average Bonchev–Trinajstić information content (AvgIpc) is 3.07. The minimum Gasteiger partial charge on any atom is -0.389 e. The highest BCUT2D eigenvalue weighted by molar-refractivity contribution is 7.46. The molecule has 3 heterocycles. The van der Waals surface area contributed by atoms with Gasteiger partial charge in [0.05, 0.1) is 6.33 Å². The molecule has 2 aromatic heterocycles. The van der Waals surface area contributed by atoms with Crippen LogP contribution in [0.5, 0.6) is 0 Å². The number of fused-ring (bicyclic) bond motifs is 1. The van der Waals surface area contributed by atoms with E-state index in [4.69, 9.17) is 20.3 Å². The van der Waals surface area contributed by atoms with Crippen LogP contribution in [0.3, 0.4) is 0 Å². The second kappa shape index (κ2) is 5.75. The molecule has 1 aliphatic heterocycles. The Bertz CT molecular complexity index is 860. The fraction of sp³-hybridized carbons (Fsp3) is 0.455. The van der Waals surface area contributed by atoms with Crippen molar-refractivity contribution < 1.29 is 28.7 Å². The van der Waals surface area contributed by atoms with Crippen LogP contribution >= 0.6 is 7.82 Å². The quantitative estimate of drug-likeness (QED) is 0.494. The largest absolute Gasteiger partial charge is 0.469 e. The number of hydrogen-bond donors (Lipinski definition) is 4. The molecule has 0 spiro atoms. The highest BCUT2D eigenvalue weighted by atomic mass is 31.2. The van der Waals surface area contributed by atoms with Crippen LogP contribution in [0.2, 0.25) is 0 Å². The van der Waals surface area contributed by atoms with Crippen molar-refractivity contribution in [1.82, 2.24) is 19.5 Å². The minimum absolute atomic E-state index is 0.0343. The van der Waals surface area contributed by atoms with Gasteiger partial charge in [0.25, 0.3) is 0 Å². The second-order valence-electron chi connectivity index (χ2n) is 5.17. The van der Waals surface area contributed by atoms with Crippen LogP contribution in [0, 0.1) is 11.3 Å². The molecule has 24 heavy (non-hydrogen) atoms. The normalized spacial score (nSPS) is 27.4. The van der Waals surface area contributed by atoms with Gasteiger partial charge in [-0.15, -0.1) is 0 Å². The Morgan fingerprint density at radius 1 is 1.54 bits per heavy atom. The van der Waals surface area contributed by atoms with Gasteiger partial charge in [-0.05, 0) is 0 Å². The number of aromatic nitrogens is 4. The van der Waals surface area contributed by atoms with Gasteiger partial charge in [0.2, 0.25) is 5.60 Å². The van der Waals surface area contributed by atoms with Crippen LogP contribution in [-0.4, -0.2) is 52.7 Å². The third-order valence-corrected chi connectivity index (χ3v) is 4.11. The van der Waals surface area contributed by atoms with E-state index in [9.17, 15) is 14.9 Å². The fourth-order valence-corrected chi connectivity index (χ4v) is 2.81. The summed E-state index contributed by atoms with van der Waals surface area (Å²) >= 11 is 0. The third-order valence-electron chi connectivity index (χ3n) is 3.64. The summed E-state index contributed by atoms with van der Waals surface area (Å²) < 4.78 is 22.2. The molecule has 0 unspecified atom stereocenters. The first-order valence-electron chi connectivity index (χ1n) is 6.66. The number of phosphoric acid groups is 1. The van der Waals surface area contributed by atoms with Crippen molar-refractivity contribution in [1.29, 1.82) is 5.26 Å².